The Labute approximate surface area is 82.0 Å². The molecule has 2 unspecified atom stereocenters. The van der Waals surface area contributed by atoms with Crippen LogP contribution in [0.2, 0.25) is 0 Å². The molecule has 0 spiro atoms. The smallest absolute Gasteiger partial charge is 0.138 e. The lowest BCUT2D eigenvalue weighted by atomic mass is 9.90. The molecule has 0 heterocycles. The summed E-state index contributed by atoms with van der Waals surface area (Å²) in [4.78, 5) is 0.665. The molecule has 0 saturated carbocycles. The molecule has 2 atom stereocenters. The van der Waals surface area contributed by atoms with Gasteiger partial charge in [-0.3, -0.25) is 0 Å². The van der Waals surface area contributed by atoms with Gasteiger partial charge in [-0.1, -0.05) is 12.2 Å². The van der Waals surface area contributed by atoms with Crippen molar-refractivity contribution in [1.29, 1.82) is 10.5 Å². The Hall–Kier alpha value is -0.840. The van der Waals surface area contributed by atoms with Gasteiger partial charge in [-0.2, -0.15) is 23.2 Å². The van der Waals surface area contributed by atoms with Gasteiger partial charge < -0.3 is 0 Å². The first-order chi connectivity index (χ1) is 5.62. The number of hydrogen-bond donors (Lipinski definition) is 2. The molecule has 0 saturated heterocycles. The predicted octanol–water partition coefficient (Wildman–Crippen LogP) is 1.70. The number of rotatable bonds is 0. The monoisotopic (exact) mass is 194 g/mol. The molecule has 0 aromatic carbocycles. The first kappa shape index (κ1) is 9.25. The summed E-state index contributed by atoms with van der Waals surface area (Å²) in [6.45, 7) is 0. The fraction of sp³-hybridized carbons (Fsp3) is 0.250. The summed E-state index contributed by atoms with van der Waals surface area (Å²) < 4.78 is -1.03. The van der Waals surface area contributed by atoms with E-state index in [0.29, 0.717) is 4.91 Å². The molecule has 0 aromatic rings. The van der Waals surface area contributed by atoms with E-state index in [-0.39, 0.29) is 0 Å². The fourth-order valence-corrected chi connectivity index (χ4v) is 1.62. The van der Waals surface area contributed by atoms with Crippen LogP contribution in [0, 0.1) is 28.6 Å². The number of nitrogens with zero attached hydrogens (tertiary/aromatic N) is 2. The fourth-order valence-electron chi connectivity index (χ4n) is 0.948. The van der Waals surface area contributed by atoms with E-state index in [2.05, 4.69) is 25.3 Å². The van der Waals surface area contributed by atoms with Crippen LogP contribution in [0.3, 0.4) is 0 Å². The number of thiol groups is 2. The maximum atomic E-state index is 8.78. The zero-order valence-electron chi connectivity index (χ0n) is 6.10. The average molecular weight is 194 g/mol. The molecule has 0 fully saturated rings. The van der Waals surface area contributed by atoms with Crippen molar-refractivity contribution in [2.24, 2.45) is 5.92 Å². The van der Waals surface area contributed by atoms with Crippen molar-refractivity contribution in [2.75, 3.05) is 0 Å². The SMILES string of the molecule is N#CC1C=CC(S)=CC1(S)C#N. The largest absolute Gasteiger partial charge is 0.198 e. The number of hydrogen-bond acceptors (Lipinski definition) is 4. The summed E-state index contributed by atoms with van der Waals surface area (Å²) in [5.74, 6) is -0.498. The summed E-state index contributed by atoms with van der Waals surface area (Å²) >= 11 is 8.20. The molecule has 60 valence electrons. The lowest BCUT2D eigenvalue weighted by Gasteiger charge is -2.22. The molecule has 4 heteroatoms. The number of allylic oxidation sites excluding steroid dienone is 2. The quantitative estimate of drug-likeness (QED) is 0.577. The van der Waals surface area contributed by atoms with Crippen molar-refractivity contribution in [1.82, 2.24) is 0 Å². The van der Waals surface area contributed by atoms with Crippen molar-refractivity contribution in [3.8, 4) is 12.1 Å². The minimum atomic E-state index is -1.03. The van der Waals surface area contributed by atoms with E-state index in [4.69, 9.17) is 10.5 Å². The highest BCUT2D eigenvalue weighted by atomic mass is 32.1. The molecule has 0 radical (unpaired) electrons. The Bertz CT molecular complexity index is 332. The van der Waals surface area contributed by atoms with Crippen molar-refractivity contribution in [3.05, 3.63) is 23.1 Å². The molecule has 12 heavy (non-hydrogen) atoms. The molecule has 0 bridgehead atoms. The van der Waals surface area contributed by atoms with Crippen LogP contribution in [0.25, 0.3) is 0 Å². The molecule has 0 N–H and O–H groups in total. The predicted molar refractivity (Wildman–Crippen MR) is 52.6 cm³/mol. The van der Waals surface area contributed by atoms with Gasteiger partial charge in [0, 0.05) is 4.91 Å². The maximum Gasteiger partial charge on any atom is 0.138 e. The Morgan fingerprint density at radius 2 is 2.17 bits per heavy atom. The van der Waals surface area contributed by atoms with Gasteiger partial charge in [0.2, 0.25) is 0 Å². The minimum absolute atomic E-state index is 0.498. The summed E-state index contributed by atoms with van der Waals surface area (Å²) in [5, 5.41) is 17.5. The zero-order valence-corrected chi connectivity index (χ0v) is 7.89. The van der Waals surface area contributed by atoms with E-state index in [0.717, 1.165) is 0 Å². The average Bonchev–Trinajstić information content (AvgIpc) is 2.05. The second kappa shape index (κ2) is 3.26. The van der Waals surface area contributed by atoms with Gasteiger partial charge in [0.15, 0.2) is 0 Å². The van der Waals surface area contributed by atoms with Crippen LogP contribution in [-0.4, -0.2) is 4.75 Å². The van der Waals surface area contributed by atoms with E-state index >= 15 is 0 Å². The van der Waals surface area contributed by atoms with Gasteiger partial charge in [0.1, 0.15) is 4.75 Å². The second-order valence-corrected chi connectivity index (χ2v) is 3.73. The molecule has 2 nitrogen and oxygen atoms in total. The van der Waals surface area contributed by atoms with Crippen molar-refractivity contribution < 1.29 is 0 Å². The van der Waals surface area contributed by atoms with Gasteiger partial charge in [-0.25, -0.2) is 0 Å². The van der Waals surface area contributed by atoms with E-state index < -0.39 is 10.7 Å². The Kier molecular flexibility index (Phi) is 2.52. The Morgan fingerprint density at radius 1 is 1.50 bits per heavy atom. The third-order valence-electron chi connectivity index (χ3n) is 1.62. The Balaban J connectivity index is 3.09. The summed E-state index contributed by atoms with van der Waals surface area (Å²) in [6.07, 6.45) is 4.91. The molecule has 0 amide bonds. The molecule has 1 aliphatic carbocycles. The van der Waals surface area contributed by atoms with Crippen LogP contribution in [0.1, 0.15) is 0 Å². The van der Waals surface area contributed by atoms with Crippen LogP contribution in [0.4, 0.5) is 0 Å². The molecule has 0 aromatic heterocycles. The Morgan fingerprint density at radius 3 is 2.67 bits per heavy atom. The van der Waals surface area contributed by atoms with Crippen LogP contribution in [0.15, 0.2) is 23.1 Å². The second-order valence-electron chi connectivity index (χ2n) is 2.47. The van der Waals surface area contributed by atoms with Crippen molar-refractivity contribution >= 4 is 25.3 Å². The van der Waals surface area contributed by atoms with Crippen LogP contribution >= 0.6 is 25.3 Å². The highest BCUT2D eigenvalue weighted by Gasteiger charge is 2.34. The van der Waals surface area contributed by atoms with Crippen LogP contribution < -0.4 is 0 Å². The van der Waals surface area contributed by atoms with Crippen LogP contribution in [0.5, 0.6) is 0 Å². The normalized spacial score (nSPS) is 33.3. The van der Waals surface area contributed by atoms with E-state index in [1.165, 1.54) is 0 Å². The number of nitriles is 2. The minimum Gasteiger partial charge on any atom is -0.198 e. The first-order valence-corrected chi connectivity index (χ1v) is 4.15. The third-order valence-corrected chi connectivity index (χ3v) is 2.41. The van der Waals surface area contributed by atoms with Crippen LogP contribution in [-0.2, 0) is 0 Å². The standard InChI is InChI=1S/C8H6N2S2/c9-4-6-1-2-7(11)3-8(6,12)5-10/h1-3,6,11-12H. The highest BCUT2D eigenvalue weighted by Crippen LogP contribution is 2.33. The summed E-state index contributed by atoms with van der Waals surface area (Å²) in [5.41, 5.74) is 0. The molecular formula is C8H6N2S2. The van der Waals surface area contributed by atoms with Gasteiger partial charge in [0.05, 0.1) is 18.1 Å². The molecule has 0 aliphatic heterocycles. The van der Waals surface area contributed by atoms with Crippen molar-refractivity contribution in [3.63, 3.8) is 0 Å². The zero-order chi connectivity index (χ0) is 9.19. The van der Waals surface area contributed by atoms with Crippen molar-refractivity contribution in [2.45, 2.75) is 4.75 Å². The maximum absolute atomic E-state index is 8.78. The molecule has 1 aliphatic rings. The topological polar surface area (TPSA) is 47.6 Å². The molecular weight excluding hydrogens is 188 g/mol. The lowest BCUT2D eigenvalue weighted by molar-refractivity contribution is 0.746. The summed E-state index contributed by atoms with van der Waals surface area (Å²) in [7, 11) is 0. The van der Waals surface area contributed by atoms with Gasteiger partial charge in [-0.05, 0) is 6.08 Å². The molecule has 1 rings (SSSR count). The van der Waals surface area contributed by atoms with E-state index in [1.807, 2.05) is 12.1 Å². The summed E-state index contributed by atoms with van der Waals surface area (Å²) in [6, 6.07) is 3.98. The van der Waals surface area contributed by atoms with E-state index in [9.17, 15) is 0 Å². The van der Waals surface area contributed by atoms with Gasteiger partial charge in [0.25, 0.3) is 0 Å². The lowest BCUT2D eigenvalue weighted by Crippen LogP contribution is -2.27. The highest BCUT2D eigenvalue weighted by molar-refractivity contribution is 7.85. The van der Waals surface area contributed by atoms with E-state index in [1.54, 1.807) is 18.2 Å². The third kappa shape index (κ3) is 1.50. The van der Waals surface area contributed by atoms with Gasteiger partial charge >= 0.3 is 0 Å². The van der Waals surface area contributed by atoms with Gasteiger partial charge in [-0.15, -0.1) is 12.6 Å². The first-order valence-electron chi connectivity index (χ1n) is 3.25.